The molecule has 0 aliphatic heterocycles. The van der Waals surface area contributed by atoms with Gasteiger partial charge in [-0.15, -0.1) is 0 Å². The molecule has 5 heteroatoms. The van der Waals surface area contributed by atoms with Crippen LogP contribution in [-0.4, -0.2) is 33.7 Å². The van der Waals surface area contributed by atoms with Crippen LogP contribution < -0.4 is 5.32 Å². The Bertz CT molecular complexity index is 344. The highest BCUT2D eigenvalue weighted by Gasteiger charge is 2.19. The molecule has 0 fully saturated rings. The third-order valence-electron chi connectivity index (χ3n) is 2.18. The number of carbonyl (C=O) groups excluding carboxylic acids is 1. The SMILES string of the molecule is Cn1ccnc1C(=O)NCC(C)(C)CO. The Morgan fingerprint density at radius 2 is 2.33 bits per heavy atom. The number of nitrogens with zero attached hydrogens (tertiary/aromatic N) is 2. The number of aliphatic hydroxyl groups is 1. The number of aromatic nitrogens is 2. The second-order valence-corrected chi connectivity index (χ2v) is 4.37. The third-order valence-corrected chi connectivity index (χ3v) is 2.18. The molecular weight excluding hydrogens is 194 g/mol. The number of rotatable bonds is 4. The summed E-state index contributed by atoms with van der Waals surface area (Å²) in [7, 11) is 1.76. The molecule has 1 heterocycles. The lowest BCUT2D eigenvalue weighted by atomic mass is 9.95. The molecule has 0 saturated heterocycles. The molecule has 0 saturated carbocycles. The molecule has 0 atom stereocenters. The minimum atomic E-state index is -0.305. The fourth-order valence-corrected chi connectivity index (χ4v) is 1.04. The minimum Gasteiger partial charge on any atom is -0.396 e. The quantitative estimate of drug-likeness (QED) is 0.746. The first-order valence-corrected chi connectivity index (χ1v) is 4.83. The summed E-state index contributed by atoms with van der Waals surface area (Å²) >= 11 is 0. The first kappa shape index (κ1) is 11.7. The number of hydrogen-bond donors (Lipinski definition) is 2. The lowest BCUT2D eigenvalue weighted by molar-refractivity contribution is 0.0898. The number of nitrogens with one attached hydrogen (secondary N) is 1. The van der Waals surface area contributed by atoms with Crippen molar-refractivity contribution in [2.24, 2.45) is 12.5 Å². The van der Waals surface area contributed by atoms with Crippen molar-refractivity contribution in [3.63, 3.8) is 0 Å². The van der Waals surface area contributed by atoms with Crippen LogP contribution in [0.15, 0.2) is 12.4 Å². The molecule has 0 bridgehead atoms. The molecule has 1 aromatic heterocycles. The average Bonchev–Trinajstić information content (AvgIpc) is 2.61. The number of hydrogen-bond acceptors (Lipinski definition) is 3. The van der Waals surface area contributed by atoms with Crippen molar-refractivity contribution in [3.05, 3.63) is 18.2 Å². The van der Waals surface area contributed by atoms with E-state index in [0.29, 0.717) is 12.4 Å². The molecule has 0 unspecified atom stereocenters. The highest BCUT2D eigenvalue weighted by Crippen LogP contribution is 2.11. The van der Waals surface area contributed by atoms with E-state index in [2.05, 4.69) is 10.3 Å². The molecule has 1 amide bonds. The number of carbonyl (C=O) groups is 1. The zero-order valence-electron chi connectivity index (χ0n) is 9.32. The third kappa shape index (κ3) is 3.06. The van der Waals surface area contributed by atoms with Gasteiger partial charge in [-0.3, -0.25) is 4.79 Å². The lowest BCUT2D eigenvalue weighted by Gasteiger charge is -2.21. The van der Waals surface area contributed by atoms with Crippen LogP contribution in [0.2, 0.25) is 0 Å². The van der Waals surface area contributed by atoms with Crippen LogP contribution in [0.3, 0.4) is 0 Å². The zero-order valence-corrected chi connectivity index (χ0v) is 9.32. The summed E-state index contributed by atoms with van der Waals surface area (Å²) in [5.41, 5.74) is -0.305. The molecule has 0 aliphatic rings. The van der Waals surface area contributed by atoms with E-state index in [-0.39, 0.29) is 17.9 Å². The van der Waals surface area contributed by atoms with Crippen molar-refractivity contribution < 1.29 is 9.90 Å². The van der Waals surface area contributed by atoms with E-state index in [9.17, 15) is 4.79 Å². The van der Waals surface area contributed by atoms with E-state index in [1.165, 1.54) is 0 Å². The van der Waals surface area contributed by atoms with Gasteiger partial charge in [-0.2, -0.15) is 0 Å². The summed E-state index contributed by atoms with van der Waals surface area (Å²) in [6.45, 7) is 4.22. The predicted octanol–water partition coefficient (Wildman–Crippen LogP) is 0.168. The van der Waals surface area contributed by atoms with Crippen molar-refractivity contribution in [2.75, 3.05) is 13.2 Å². The maximum absolute atomic E-state index is 11.6. The Balaban J connectivity index is 2.55. The molecule has 15 heavy (non-hydrogen) atoms. The Kier molecular flexibility index (Phi) is 3.47. The molecule has 84 valence electrons. The molecule has 1 rings (SSSR count). The van der Waals surface area contributed by atoms with E-state index in [0.717, 1.165) is 0 Å². The fraction of sp³-hybridized carbons (Fsp3) is 0.600. The number of aryl methyl sites for hydroxylation is 1. The Morgan fingerprint density at radius 1 is 1.67 bits per heavy atom. The van der Waals surface area contributed by atoms with Crippen LogP contribution in [0.25, 0.3) is 0 Å². The van der Waals surface area contributed by atoms with Crippen molar-refractivity contribution >= 4 is 5.91 Å². The molecule has 0 aromatic carbocycles. The predicted molar refractivity (Wildman–Crippen MR) is 56.4 cm³/mol. The van der Waals surface area contributed by atoms with Crippen LogP contribution in [-0.2, 0) is 7.05 Å². The van der Waals surface area contributed by atoms with Crippen LogP contribution in [0, 0.1) is 5.41 Å². The van der Waals surface area contributed by atoms with E-state index < -0.39 is 0 Å². The van der Waals surface area contributed by atoms with Gasteiger partial charge in [0, 0.05) is 38.0 Å². The topological polar surface area (TPSA) is 67.2 Å². The van der Waals surface area contributed by atoms with Gasteiger partial charge < -0.3 is 15.0 Å². The van der Waals surface area contributed by atoms with E-state index >= 15 is 0 Å². The molecular formula is C10H17N3O2. The molecule has 0 radical (unpaired) electrons. The van der Waals surface area contributed by atoms with Gasteiger partial charge in [-0.1, -0.05) is 13.8 Å². The van der Waals surface area contributed by atoms with Gasteiger partial charge in [0.1, 0.15) is 0 Å². The van der Waals surface area contributed by atoms with Crippen molar-refractivity contribution in [2.45, 2.75) is 13.8 Å². The van der Waals surface area contributed by atoms with Gasteiger partial charge in [0.15, 0.2) is 5.82 Å². The molecule has 0 aliphatic carbocycles. The van der Waals surface area contributed by atoms with Gasteiger partial charge in [0.2, 0.25) is 0 Å². The Hall–Kier alpha value is -1.36. The molecule has 5 nitrogen and oxygen atoms in total. The van der Waals surface area contributed by atoms with E-state index in [1.54, 1.807) is 24.0 Å². The maximum Gasteiger partial charge on any atom is 0.287 e. The number of amides is 1. The summed E-state index contributed by atoms with van der Waals surface area (Å²) in [4.78, 5) is 15.5. The Labute approximate surface area is 89.1 Å². The molecule has 0 spiro atoms. The fourth-order valence-electron chi connectivity index (χ4n) is 1.04. The smallest absolute Gasteiger partial charge is 0.287 e. The van der Waals surface area contributed by atoms with Gasteiger partial charge in [-0.25, -0.2) is 4.98 Å². The largest absolute Gasteiger partial charge is 0.396 e. The Morgan fingerprint density at radius 3 is 2.80 bits per heavy atom. The monoisotopic (exact) mass is 211 g/mol. The minimum absolute atomic E-state index is 0.0356. The van der Waals surface area contributed by atoms with E-state index in [1.807, 2.05) is 13.8 Å². The van der Waals surface area contributed by atoms with Crippen molar-refractivity contribution in [3.8, 4) is 0 Å². The van der Waals surface area contributed by atoms with Crippen LogP contribution in [0.1, 0.15) is 24.5 Å². The summed E-state index contributed by atoms with van der Waals surface area (Å²) in [6.07, 6.45) is 3.29. The number of imidazole rings is 1. The normalized spacial score (nSPS) is 11.5. The summed E-state index contributed by atoms with van der Waals surface area (Å²) < 4.78 is 1.65. The average molecular weight is 211 g/mol. The molecule has 1 aromatic rings. The lowest BCUT2D eigenvalue weighted by Crippen LogP contribution is -2.37. The molecule has 2 N–H and O–H groups in total. The van der Waals surface area contributed by atoms with Crippen LogP contribution in [0.4, 0.5) is 0 Å². The van der Waals surface area contributed by atoms with Gasteiger partial charge in [0.25, 0.3) is 5.91 Å². The highest BCUT2D eigenvalue weighted by molar-refractivity contribution is 5.90. The van der Waals surface area contributed by atoms with Crippen molar-refractivity contribution in [1.29, 1.82) is 0 Å². The standard InChI is InChI=1S/C10H17N3O2/c1-10(2,7-14)6-12-9(15)8-11-4-5-13(8)3/h4-5,14H,6-7H2,1-3H3,(H,12,15). The second-order valence-electron chi connectivity index (χ2n) is 4.37. The van der Waals surface area contributed by atoms with Crippen molar-refractivity contribution in [1.82, 2.24) is 14.9 Å². The summed E-state index contributed by atoms with van der Waals surface area (Å²) in [5, 5.41) is 11.8. The first-order valence-electron chi connectivity index (χ1n) is 4.83. The second kappa shape index (κ2) is 4.44. The van der Waals surface area contributed by atoms with Gasteiger partial charge >= 0.3 is 0 Å². The van der Waals surface area contributed by atoms with Crippen LogP contribution in [0.5, 0.6) is 0 Å². The van der Waals surface area contributed by atoms with Gasteiger partial charge in [-0.05, 0) is 0 Å². The first-order chi connectivity index (χ1) is 6.96. The van der Waals surface area contributed by atoms with Crippen LogP contribution >= 0.6 is 0 Å². The maximum atomic E-state index is 11.6. The highest BCUT2D eigenvalue weighted by atomic mass is 16.3. The summed E-state index contributed by atoms with van der Waals surface area (Å²) in [5.74, 6) is 0.160. The van der Waals surface area contributed by atoms with Gasteiger partial charge in [0.05, 0.1) is 0 Å². The number of aliphatic hydroxyl groups excluding tert-OH is 1. The van der Waals surface area contributed by atoms with E-state index in [4.69, 9.17) is 5.11 Å². The zero-order chi connectivity index (χ0) is 11.5. The summed E-state index contributed by atoms with van der Waals surface area (Å²) in [6, 6.07) is 0.